The molecule has 1 amide bonds. The lowest BCUT2D eigenvalue weighted by atomic mass is 10.1. The van der Waals surface area contributed by atoms with E-state index in [0.29, 0.717) is 17.2 Å². The first-order valence-electron chi connectivity index (χ1n) is 9.86. The van der Waals surface area contributed by atoms with E-state index in [9.17, 15) is 9.59 Å². The van der Waals surface area contributed by atoms with Crippen LogP contribution in [0.3, 0.4) is 0 Å². The molecule has 0 aliphatic rings. The van der Waals surface area contributed by atoms with Gasteiger partial charge in [0.25, 0.3) is 11.5 Å². The minimum Gasteiger partial charge on any atom is -0.484 e. The fourth-order valence-electron chi connectivity index (χ4n) is 3.04. The van der Waals surface area contributed by atoms with Crippen LogP contribution in [0.5, 0.6) is 5.75 Å². The summed E-state index contributed by atoms with van der Waals surface area (Å²) in [5.74, 6) is 0.908. The molecule has 4 aromatic rings. The van der Waals surface area contributed by atoms with E-state index in [1.165, 1.54) is 10.7 Å². The monoisotopic (exact) mass is 415 g/mol. The molecule has 0 unspecified atom stereocenters. The third kappa shape index (κ3) is 5.27. The molecular weight excluding hydrogens is 394 g/mol. The largest absolute Gasteiger partial charge is 0.484 e. The number of carbonyl (C=O) groups is 1. The fraction of sp³-hybridized carbons (Fsp3) is 0.125. The molecule has 0 atom stereocenters. The lowest BCUT2D eigenvalue weighted by molar-refractivity contribution is -0.123. The van der Waals surface area contributed by atoms with Crippen molar-refractivity contribution >= 4 is 5.91 Å². The van der Waals surface area contributed by atoms with Crippen LogP contribution in [-0.4, -0.2) is 28.8 Å². The summed E-state index contributed by atoms with van der Waals surface area (Å²) in [6, 6.07) is 24.1. The third-order valence-electron chi connectivity index (χ3n) is 4.62. The molecule has 156 valence electrons. The maximum atomic E-state index is 12.1. The average Bonchev–Trinajstić information content (AvgIpc) is 3.35. The molecule has 0 radical (unpaired) electrons. The highest BCUT2D eigenvalue weighted by Gasteiger charge is 2.07. The summed E-state index contributed by atoms with van der Waals surface area (Å²) >= 11 is 0. The first-order valence-corrected chi connectivity index (χ1v) is 9.86. The highest BCUT2D eigenvalue weighted by Crippen LogP contribution is 2.22. The quantitative estimate of drug-likeness (QED) is 0.477. The molecule has 2 aromatic carbocycles. The van der Waals surface area contributed by atoms with Gasteiger partial charge in [0, 0.05) is 12.6 Å². The number of furan rings is 1. The van der Waals surface area contributed by atoms with Gasteiger partial charge in [0.05, 0.1) is 12.8 Å². The zero-order chi connectivity index (χ0) is 21.5. The minimum atomic E-state index is -0.276. The smallest absolute Gasteiger partial charge is 0.266 e. The van der Waals surface area contributed by atoms with Crippen molar-refractivity contribution in [2.45, 2.75) is 6.54 Å². The number of rotatable bonds is 8. The van der Waals surface area contributed by atoms with Crippen molar-refractivity contribution in [3.05, 3.63) is 95.5 Å². The van der Waals surface area contributed by atoms with Crippen LogP contribution in [0.25, 0.3) is 22.6 Å². The van der Waals surface area contributed by atoms with Gasteiger partial charge < -0.3 is 14.5 Å². The van der Waals surface area contributed by atoms with Gasteiger partial charge in [-0.2, -0.15) is 5.10 Å². The highest BCUT2D eigenvalue weighted by atomic mass is 16.5. The number of aromatic nitrogens is 2. The van der Waals surface area contributed by atoms with Gasteiger partial charge in [-0.15, -0.1) is 0 Å². The number of nitrogens with zero attached hydrogens (tertiary/aromatic N) is 2. The third-order valence-corrected chi connectivity index (χ3v) is 4.62. The van der Waals surface area contributed by atoms with Gasteiger partial charge >= 0.3 is 0 Å². The number of amides is 1. The van der Waals surface area contributed by atoms with E-state index in [1.807, 2.05) is 54.6 Å². The van der Waals surface area contributed by atoms with E-state index >= 15 is 0 Å². The van der Waals surface area contributed by atoms with E-state index in [4.69, 9.17) is 9.15 Å². The van der Waals surface area contributed by atoms with Crippen LogP contribution < -0.4 is 15.6 Å². The first kappa shape index (κ1) is 20.2. The molecule has 7 nitrogen and oxygen atoms in total. The average molecular weight is 415 g/mol. The van der Waals surface area contributed by atoms with Crippen LogP contribution in [0.2, 0.25) is 0 Å². The summed E-state index contributed by atoms with van der Waals surface area (Å²) in [6.07, 6.45) is 1.54. The van der Waals surface area contributed by atoms with Crippen LogP contribution >= 0.6 is 0 Å². The molecule has 0 spiro atoms. The Labute approximate surface area is 178 Å². The zero-order valence-electron chi connectivity index (χ0n) is 16.7. The van der Waals surface area contributed by atoms with Crippen molar-refractivity contribution in [2.24, 2.45) is 0 Å². The fourth-order valence-corrected chi connectivity index (χ4v) is 3.04. The Balaban J connectivity index is 1.26. The summed E-state index contributed by atoms with van der Waals surface area (Å²) in [5, 5.41) is 7.00. The van der Waals surface area contributed by atoms with Gasteiger partial charge in [0.15, 0.2) is 12.4 Å². The molecule has 0 saturated carbocycles. The molecule has 0 aliphatic carbocycles. The Hall–Kier alpha value is -4.13. The summed E-state index contributed by atoms with van der Waals surface area (Å²) in [4.78, 5) is 24.1. The van der Waals surface area contributed by atoms with E-state index in [2.05, 4.69) is 10.4 Å². The van der Waals surface area contributed by atoms with Crippen molar-refractivity contribution in [3.8, 4) is 28.3 Å². The molecule has 0 aliphatic heterocycles. The second kappa shape index (κ2) is 9.58. The number of hydrogen-bond acceptors (Lipinski definition) is 5. The summed E-state index contributed by atoms with van der Waals surface area (Å²) in [5.41, 5.74) is 2.50. The molecule has 7 heteroatoms. The summed E-state index contributed by atoms with van der Waals surface area (Å²) in [6.45, 7) is 0.383. The topological polar surface area (TPSA) is 86.4 Å². The van der Waals surface area contributed by atoms with Crippen molar-refractivity contribution in [1.29, 1.82) is 0 Å². The highest BCUT2D eigenvalue weighted by molar-refractivity contribution is 5.77. The van der Waals surface area contributed by atoms with Gasteiger partial charge in [-0.1, -0.05) is 42.5 Å². The van der Waals surface area contributed by atoms with Gasteiger partial charge in [0.2, 0.25) is 0 Å². The standard InChI is InChI=1S/C24H21N3O4/c28-23(17-31-20-10-8-19(9-11-20)18-5-2-1-3-6-18)25-14-15-27-24(29)13-12-21(26-27)22-7-4-16-30-22/h1-13,16H,14-15,17H2,(H,25,28). The summed E-state index contributed by atoms with van der Waals surface area (Å²) in [7, 11) is 0. The SMILES string of the molecule is O=C(COc1ccc(-c2ccccc2)cc1)NCCn1nc(-c2ccco2)ccc1=O. The molecule has 4 rings (SSSR count). The van der Waals surface area contributed by atoms with Crippen molar-refractivity contribution in [3.63, 3.8) is 0 Å². The van der Waals surface area contributed by atoms with Gasteiger partial charge in [-0.3, -0.25) is 9.59 Å². The second-order valence-corrected chi connectivity index (χ2v) is 6.79. The van der Waals surface area contributed by atoms with Gasteiger partial charge in [0.1, 0.15) is 11.4 Å². The molecule has 0 bridgehead atoms. The molecule has 2 heterocycles. The van der Waals surface area contributed by atoms with Crippen molar-refractivity contribution < 1.29 is 13.9 Å². The number of benzene rings is 2. The predicted molar refractivity (Wildman–Crippen MR) is 117 cm³/mol. The predicted octanol–water partition coefficient (Wildman–Crippen LogP) is 3.37. The molecule has 0 saturated heterocycles. The Morgan fingerprint density at radius 1 is 0.935 bits per heavy atom. The Morgan fingerprint density at radius 3 is 2.45 bits per heavy atom. The van der Waals surface area contributed by atoms with Crippen LogP contribution in [-0.2, 0) is 11.3 Å². The van der Waals surface area contributed by atoms with Crippen LogP contribution in [0, 0.1) is 0 Å². The van der Waals surface area contributed by atoms with Crippen LogP contribution in [0.1, 0.15) is 0 Å². The molecule has 1 N–H and O–H groups in total. The maximum absolute atomic E-state index is 12.1. The normalized spacial score (nSPS) is 10.6. The molecule has 0 fully saturated rings. The maximum Gasteiger partial charge on any atom is 0.266 e. The summed E-state index contributed by atoms with van der Waals surface area (Å²) < 4.78 is 12.1. The molecule has 31 heavy (non-hydrogen) atoms. The van der Waals surface area contributed by atoms with Crippen molar-refractivity contribution in [1.82, 2.24) is 15.1 Å². The second-order valence-electron chi connectivity index (χ2n) is 6.79. The molecular formula is C24H21N3O4. The van der Waals surface area contributed by atoms with Crippen LogP contribution in [0.15, 0.2) is 94.3 Å². The number of carbonyl (C=O) groups excluding carboxylic acids is 1. The lowest BCUT2D eigenvalue weighted by Crippen LogP contribution is -2.34. The van der Waals surface area contributed by atoms with Crippen molar-refractivity contribution in [2.75, 3.05) is 13.2 Å². The number of hydrogen-bond donors (Lipinski definition) is 1. The van der Waals surface area contributed by atoms with Crippen LogP contribution in [0.4, 0.5) is 0 Å². The van der Waals surface area contributed by atoms with E-state index in [1.54, 1.807) is 24.5 Å². The number of nitrogens with one attached hydrogen (secondary N) is 1. The van der Waals surface area contributed by atoms with Gasteiger partial charge in [-0.05, 0) is 41.5 Å². The lowest BCUT2D eigenvalue weighted by Gasteiger charge is -2.09. The first-order chi connectivity index (χ1) is 15.2. The Kier molecular flexibility index (Phi) is 6.23. The van der Waals surface area contributed by atoms with E-state index < -0.39 is 0 Å². The zero-order valence-corrected chi connectivity index (χ0v) is 16.7. The van der Waals surface area contributed by atoms with Gasteiger partial charge in [-0.25, -0.2) is 4.68 Å². The Morgan fingerprint density at radius 2 is 1.71 bits per heavy atom. The Bertz CT molecular complexity index is 1180. The molecule has 2 aromatic heterocycles. The number of ether oxygens (including phenoxy) is 1. The van der Waals surface area contributed by atoms with E-state index in [0.717, 1.165) is 11.1 Å². The minimum absolute atomic E-state index is 0.112. The van der Waals surface area contributed by atoms with E-state index in [-0.39, 0.29) is 31.2 Å².